The van der Waals surface area contributed by atoms with Crippen LogP contribution in [0.25, 0.3) is 0 Å². The average Bonchev–Trinajstić information content (AvgIpc) is 2.60. The van der Waals surface area contributed by atoms with Gasteiger partial charge in [0.05, 0.1) is 0 Å². The normalized spacial score (nSPS) is 11.8. The van der Waals surface area contributed by atoms with Gasteiger partial charge in [-0.05, 0) is 45.0 Å². The van der Waals surface area contributed by atoms with Gasteiger partial charge in [-0.15, -0.1) is 0 Å². The summed E-state index contributed by atoms with van der Waals surface area (Å²) in [5.74, 6) is 0.236. The third-order valence-corrected chi connectivity index (χ3v) is 3.64. The molecule has 1 heterocycles. The molecule has 0 aliphatic heterocycles. The molecule has 2 N–H and O–H groups in total. The largest absolute Gasteiger partial charge is 0.488 e. The van der Waals surface area contributed by atoms with Crippen molar-refractivity contribution in [3.63, 3.8) is 0 Å². The van der Waals surface area contributed by atoms with Gasteiger partial charge in [-0.25, -0.2) is 4.98 Å². The minimum Gasteiger partial charge on any atom is -0.488 e. The molecule has 0 atom stereocenters. The number of benzene rings is 2. The molecular formula is C21H21F3N4O. The first-order valence-electron chi connectivity index (χ1n) is 8.92. The highest BCUT2D eigenvalue weighted by molar-refractivity contribution is 5.63. The average molecular weight is 402 g/mol. The summed E-state index contributed by atoms with van der Waals surface area (Å²) >= 11 is 0. The fraction of sp³-hybridized carbons (Fsp3) is 0.238. The van der Waals surface area contributed by atoms with Gasteiger partial charge < -0.3 is 15.4 Å². The monoisotopic (exact) mass is 402 g/mol. The number of hydrogen-bond acceptors (Lipinski definition) is 5. The van der Waals surface area contributed by atoms with Gasteiger partial charge in [0.25, 0.3) is 0 Å². The summed E-state index contributed by atoms with van der Waals surface area (Å²) in [7, 11) is 0. The van der Waals surface area contributed by atoms with Crippen LogP contribution in [0.5, 0.6) is 5.75 Å². The smallest absolute Gasteiger partial charge is 0.421 e. The van der Waals surface area contributed by atoms with E-state index in [-0.39, 0.29) is 11.8 Å². The first kappa shape index (κ1) is 20.4. The Kier molecular flexibility index (Phi) is 5.63. The van der Waals surface area contributed by atoms with E-state index in [4.69, 9.17) is 4.74 Å². The van der Waals surface area contributed by atoms with Crippen LogP contribution in [-0.4, -0.2) is 15.6 Å². The van der Waals surface area contributed by atoms with Crippen molar-refractivity contribution in [1.82, 2.24) is 9.97 Å². The van der Waals surface area contributed by atoms with E-state index < -0.39 is 17.3 Å². The molecular weight excluding hydrogens is 381 g/mol. The van der Waals surface area contributed by atoms with Crippen LogP contribution in [-0.2, 0) is 6.18 Å². The molecule has 0 saturated heterocycles. The molecule has 8 heteroatoms. The summed E-state index contributed by atoms with van der Waals surface area (Å²) in [5, 5.41) is 5.64. The predicted octanol–water partition coefficient (Wildman–Crippen LogP) is 6.16. The van der Waals surface area contributed by atoms with Crippen molar-refractivity contribution in [2.24, 2.45) is 0 Å². The van der Waals surface area contributed by atoms with Gasteiger partial charge in [0.15, 0.2) is 0 Å². The molecule has 0 spiro atoms. The fourth-order valence-electron chi connectivity index (χ4n) is 2.52. The van der Waals surface area contributed by atoms with E-state index in [1.165, 1.54) is 0 Å². The van der Waals surface area contributed by atoms with E-state index in [1.807, 2.05) is 26.8 Å². The van der Waals surface area contributed by atoms with Crippen LogP contribution in [0.3, 0.4) is 0 Å². The van der Waals surface area contributed by atoms with Gasteiger partial charge in [-0.3, -0.25) is 0 Å². The molecule has 0 aliphatic rings. The Bertz CT molecular complexity index is 970. The Balaban J connectivity index is 1.92. The standard InChI is InChI=1S/C21H21F3N4O/c1-20(2,3)29-16-11-7-10-15(12-16)26-18-17(21(22,23)24)13-25-19(28-18)27-14-8-5-4-6-9-14/h4-13H,1-3H3,(H2,25,26,27,28). The third-order valence-electron chi connectivity index (χ3n) is 3.64. The lowest BCUT2D eigenvalue weighted by molar-refractivity contribution is -0.137. The molecule has 3 rings (SSSR count). The second kappa shape index (κ2) is 7.98. The maximum absolute atomic E-state index is 13.4. The van der Waals surface area contributed by atoms with Crippen molar-refractivity contribution >= 4 is 23.1 Å². The van der Waals surface area contributed by atoms with Crippen molar-refractivity contribution in [3.05, 3.63) is 66.4 Å². The summed E-state index contributed by atoms with van der Waals surface area (Å²) in [6, 6.07) is 15.7. The molecule has 0 amide bonds. The molecule has 5 nitrogen and oxygen atoms in total. The number of para-hydroxylation sites is 1. The Morgan fingerprint density at radius 3 is 2.21 bits per heavy atom. The maximum Gasteiger partial charge on any atom is 0.421 e. The number of nitrogens with zero attached hydrogens (tertiary/aromatic N) is 2. The van der Waals surface area contributed by atoms with Crippen molar-refractivity contribution in [3.8, 4) is 5.75 Å². The molecule has 0 unspecified atom stereocenters. The van der Waals surface area contributed by atoms with Crippen molar-refractivity contribution in [1.29, 1.82) is 0 Å². The zero-order valence-electron chi connectivity index (χ0n) is 16.2. The number of ether oxygens (including phenoxy) is 1. The number of hydrogen-bond donors (Lipinski definition) is 2. The van der Waals surface area contributed by atoms with Crippen LogP contribution >= 0.6 is 0 Å². The Morgan fingerprint density at radius 1 is 0.862 bits per heavy atom. The van der Waals surface area contributed by atoms with Crippen LogP contribution in [0, 0.1) is 0 Å². The summed E-state index contributed by atoms with van der Waals surface area (Å²) in [6.07, 6.45) is -3.84. The SMILES string of the molecule is CC(C)(C)Oc1cccc(Nc2nc(Nc3ccccc3)ncc2C(F)(F)F)c1. The second-order valence-electron chi connectivity index (χ2n) is 7.31. The minimum atomic E-state index is -4.60. The number of nitrogens with one attached hydrogen (secondary N) is 2. The number of alkyl halides is 3. The van der Waals surface area contributed by atoms with E-state index in [1.54, 1.807) is 48.5 Å². The molecule has 0 bridgehead atoms. The van der Waals surface area contributed by atoms with Gasteiger partial charge in [-0.1, -0.05) is 24.3 Å². The van der Waals surface area contributed by atoms with E-state index in [0.29, 0.717) is 17.1 Å². The van der Waals surface area contributed by atoms with E-state index in [2.05, 4.69) is 20.6 Å². The summed E-state index contributed by atoms with van der Waals surface area (Å²) in [4.78, 5) is 7.84. The predicted molar refractivity (Wildman–Crippen MR) is 107 cm³/mol. The Labute approximate surface area is 167 Å². The van der Waals surface area contributed by atoms with E-state index in [0.717, 1.165) is 6.20 Å². The first-order chi connectivity index (χ1) is 13.6. The summed E-state index contributed by atoms with van der Waals surface area (Å²) < 4.78 is 46.1. The van der Waals surface area contributed by atoms with Gasteiger partial charge in [0.1, 0.15) is 22.7 Å². The van der Waals surface area contributed by atoms with E-state index >= 15 is 0 Å². The Hall–Kier alpha value is -3.29. The lowest BCUT2D eigenvalue weighted by atomic mass is 10.2. The molecule has 0 fully saturated rings. The molecule has 0 aliphatic carbocycles. The third kappa shape index (κ3) is 5.84. The molecule has 152 valence electrons. The minimum absolute atomic E-state index is 0.0498. The lowest BCUT2D eigenvalue weighted by Crippen LogP contribution is -2.22. The van der Waals surface area contributed by atoms with Crippen LogP contribution in [0.2, 0.25) is 0 Å². The molecule has 3 aromatic rings. The molecule has 0 saturated carbocycles. The lowest BCUT2D eigenvalue weighted by Gasteiger charge is -2.22. The van der Waals surface area contributed by atoms with Crippen LogP contribution in [0.1, 0.15) is 26.3 Å². The van der Waals surface area contributed by atoms with E-state index in [9.17, 15) is 13.2 Å². The second-order valence-corrected chi connectivity index (χ2v) is 7.31. The van der Waals surface area contributed by atoms with Gasteiger partial charge in [0.2, 0.25) is 5.95 Å². The zero-order valence-corrected chi connectivity index (χ0v) is 16.2. The van der Waals surface area contributed by atoms with Crippen molar-refractivity contribution in [2.75, 3.05) is 10.6 Å². The number of anilines is 4. The van der Waals surface area contributed by atoms with Gasteiger partial charge in [0, 0.05) is 23.6 Å². The van der Waals surface area contributed by atoms with Crippen LogP contribution < -0.4 is 15.4 Å². The van der Waals surface area contributed by atoms with Crippen molar-refractivity contribution in [2.45, 2.75) is 32.5 Å². The molecule has 29 heavy (non-hydrogen) atoms. The number of rotatable bonds is 5. The highest BCUT2D eigenvalue weighted by Crippen LogP contribution is 2.36. The quantitative estimate of drug-likeness (QED) is 0.535. The summed E-state index contributed by atoms with van der Waals surface area (Å²) in [5.41, 5.74) is -0.309. The highest BCUT2D eigenvalue weighted by Gasteiger charge is 2.35. The highest BCUT2D eigenvalue weighted by atomic mass is 19.4. The molecule has 1 aromatic heterocycles. The first-order valence-corrected chi connectivity index (χ1v) is 8.92. The van der Waals surface area contributed by atoms with Crippen LogP contribution in [0.15, 0.2) is 60.8 Å². The number of aromatic nitrogens is 2. The zero-order chi connectivity index (χ0) is 21.1. The topological polar surface area (TPSA) is 59.1 Å². The van der Waals surface area contributed by atoms with Gasteiger partial charge in [-0.2, -0.15) is 18.2 Å². The molecule has 0 radical (unpaired) electrons. The number of halogens is 3. The van der Waals surface area contributed by atoms with Crippen molar-refractivity contribution < 1.29 is 17.9 Å². The molecule has 2 aromatic carbocycles. The Morgan fingerprint density at radius 2 is 1.55 bits per heavy atom. The summed E-state index contributed by atoms with van der Waals surface area (Å²) in [6.45, 7) is 5.67. The maximum atomic E-state index is 13.4. The van der Waals surface area contributed by atoms with Crippen LogP contribution in [0.4, 0.5) is 36.3 Å². The fourth-order valence-corrected chi connectivity index (χ4v) is 2.52. The van der Waals surface area contributed by atoms with Gasteiger partial charge >= 0.3 is 6.18 Å².